The van der Waals surface area contributed by atoms with Gasteiger partial charge in [0.2, 0.25) is 9.84 Å². The molecule has 1 aromatic heterocycles. The molecule has 0 bridgehead atoms. The molecule has 0 saturated carbocycles. The molecular weight excluding hydrogens is 651 g/mol. The van der Waals surface area contributed by atoms with E-state index in [4.69, 9.17) is 0 Å². The van der Waals surface area contributed by atoms with Crippen molar-refractivity contribution in [3.05, 3.63) is 117 Å². The number of non-ortho nitro benzene ring substituents is 1. The average molecular weight is 674 g/mol. The number of ketones is 1. The Morgan fingerprint density at radius 1 is 1.04 bits per heavy atom. The number of carbonyl (C=O) groups is 2. The highest BCUT2D eigenvalue weighted by atomic mass is 32.2. The molecule has 0 aliphatic carbocycles. The first-order chi connectivity index (χ1) is 21.6. The van der Waals surface area contributed by atoms with Crippen LogP contribution >= 0.6 is 11.3 Å². The maximum absolute atomic E-state index is 13.7. The molecule has 1 unspecified atom stereocenters. The Kier molecular flexibility index (Phi) is 8.44. The van der Waals surface area contributed by atoms with Crippen LogP contribution in [0.5, 0.6) is 5.75 Å². The molecule has 16 heteroatoms. The molecule has 4 aromatic rings. The fraction of sp³-hybridized carbons (Fsp3) is 0.167. The highest BCUT2D eigenvalue weighted by Crippen LogP contribution is 2.44. The molecule has 46 heavy (non-hydrogen) atoms. The second kappa shape index (κ2) is 12.0. The third-order valence-corrected chi connectivity index (χ3v) is 10.3. The van der Waals surface area contributed by atoms with Crippen molar-refractivity contribution in [2.75, 3.05) is 4.90 Å². The van der Waals surface area contributed by atoms with E-state index in [-0.39, 0.29) is 31.4 Å². The number of alkyl halides is 3. The number of aromatic nitrogens is 1. The Labute approximate surface area is 263 Å². The van der Waals surface area contributed by atoms with Crippen LogP contribution in [0.2, 0.25) is 0 Å². The van der Waals surface area contributed by atoms with Crippen molar-refractivity contribution < 1.29 is 45.9 Å². The van der Waals surface area contributed by atoms with Crippen LogP contribution in [0.1, 0.15) is 47.3 Å². The van der Waals surface area contributed by atoms with Crippen molar-refractivity contribution in [2.24, 2.45) is 0 Å². The first-order valence-electron chi connectivity index (χ1n) is 13.3. The number of amides is 1. The summed E-state index contributed by atoms with van der Waals surface area (Å²) in [6.07, 6.45) is -3.98. The molecular formula is C30H22F3N3O8S2. The average Bonchev–Trinajstić information content (AvgIpc) is 3.60. The molecule has 3 aromatic carbocycles. The predicted molar refractivity (Wildman–Crippen MR) is 159 cm³/mol. The minimum Gasteiger partial charge on any atom is -0.503 e. The van der Waals surface area contributed by atoms with E-state index in [0.29, 0.717) is 16.9 Å². The minimum absolute atomic E-state index is 0.129. The van der Waals surface area contributed by atoms with E-state index in [9.17, 15) is 46.4 Å². The highest BCUT2D eigenvalue weighted by molar-refractivity contribution is 7.93. The van der Waals surface area contributed by atoms with Crippen LogP contribution in [0, 0.1) is 10.1 Å². The number of carbonyl (C=O) groups excluding carboxylic acids is 2. The van der Waals surface area contributed by atoms with E-state index in [1.807, 2.05) is 13.8 Å². The number of hydrogen-bond acceptors (Lipinski definition) is 10. The van der Waals surface area contributed by atoms with E-state index in [1.54, 1.807) is 24.3 Å². The molecule has 2 heterocycles. The summed E-state index contributed by atoms with van der Waals surface area (Å²) in [5.41, 5.74) is 0.403. The Bertz CT molecular complexity index is 1970. The zero-order valence-electron chi connectivity index (χ0n) is 23.8. The minimum atomic E-state index is -4.96. The van der Waals surface area contributed by atoms with Crippen LogP contribution in [-0.2, 0) is 14.6 Å². The Balaban J connectivity index is 1.56. The first kappa shape index (κ1) is 32.3. The van der Waals surface area contributed by atoms with Crippen molar-refractivity contribution in [1.29, 1.82) is 0 Å². The number of halogens is 3. The number of sulfone groups is 1. The SMILES string of the molecule is CC(C)c1ccc(C2C(C(=O)c3ccc(OC(F)(F)F)cc3)=C(O)C(=O)N2c2ncc(S(=O)(=O)c3ccc([N+](=O)[O-])cc3)s2)cc1. The maximum Gasteiger partial charge on any atom is 0.573 e. The van der Waals surface area contributed by atoms with Gasteiger partial charge in [0.15, 0.2) is 16.7 Å². The molecule has 238 valence electrons. The number of anilines is 1. The number of benzene rings is 3. The van der Waals surface area contributed by atoms with E-state index in [0.717, 1.165) is 65.2 Å². The van der Waals surface area contributed by atoms with Gasteiger partial charge in [-0.25, -0.2) is 13.4 Å². The summed E-state index contributed by atoms with van der Waals surface area (Å²) in [7, 11) is -4.25. The van der Waals surface area contributed by atoms with E-state index in [2.05, 4.69) is 9.72 Å². The topological polar surface area (TPSA) is 157 Å². The van der Waals surface area contributed by atoms with Crippen molar-refractivity contribution in [2.45, 2.75) is 41.3 Å². The molecule has 11 nitrogen and oxygen atoms in total. The largest absolute Gasteiger partial charge is 0.573 e. The Hall–Kier alpha value is -5.09. The summed E-state index contributed by atoms with van der Waals surface area (Å²) in [6, 6.07) is 13.6. The van der Waals surface area contributed by atoms with Crippen LogP contribution in [-0.4, -0.2) is 41.5 Å². The van der Waals surface area contributed by atoms with E-state index < -0.39 is 55.9 Å². The molecule has 1 atom stereocenters. The number of nitrogens with zero attached hydrogens (tertiary/aromatic N) is 3. The normalized spacial score (nSPS) is 15.5. The summed E-state index contributed by atoms with van der Waals surface area (Å²) in [6.45, 7) is 3.91. The van der Waals surface area contributed by atoms with Gasteiger partial charge in [-0.3, -0.25) is 24.6 Å². The van der Waals surface area contributed by atoms with Crippen LogP contribution in [0.15, 0.2) is 99.4 Å². The maximum atomic E-state index is 13.7. The smallest absolute Gasteiger partial charge is 0.503 e. The molecule has 1 aliphatic heterocycles. The van der Waals surface area contributed by atoms with Gasteiger partial charge in [0.05, 0.1) is 27.6 Å². The number of ether oxygens (including phenoxy) is 1. The zero-order chi connectivity index (χ0) is 33.6. The number of aliphatic hydroxyl groups excluding tert-OH is 1. The summed E-state index contributed by atoms with van der Waals surface area (Å²) in [4.78, 5) is 42.4. The summed E-state index contributed by atoms with van der Waals surface area (Å²) < 4.78 is 68.1. The fourth-order valence-electron chi connectivity index (χ4n) is 4.73. The third-order valence-electron chi connectivity index (χ3n) is 7.02. The molecule has 1 aliphatic rings. The van der Waals surface area contributed by atoms with Crippen molar-refractivity contribution in [3.63, 3.8) is 0 Å². The van der Waals surface area contributed by atoms with Crippen LogP contribution in [0.3, 0.4) is 0 Å². The molecule has 0 radical (unpaired) electrons. The number of nitro groups is 1. The van der Waals surface area contributed by atoms with Crippen molar-refractivity contribution in [1.82, 2.24) is 4.98 Å². The molecule has 0 spiro atoms. The lowest BCUT2D eigenvalue weighted by Crippen LogP contribution is -2.31. The van der Waals surface area contributed by atoms with Gasteiger partial charge < -0.3 is 9.84 Å². The fourth-order valence-corrected chi connectivity index (χ4v) is 7.27. The third kappa shape index (κ3) is 6.21. The summed E-state index contributed by atoms with van der Waals surface area (Å²) in [5, 5.41) is 21.8. The lowest BCUT2D eigenvalue weighted by Gasteiger charge is -2.25. The molecule has 5 rings (SSSR count). The van der Waals surface area contributed by atoms with Crippen LogP contribution in [0.4, 0.5) is 24.0 Å². The first-order valence-corrected chi connectivity index (χ1v) is 15.6. The van der Waals surface area contributed by atoms with E-state index >= 15 is 0 Å². The summed E-state index contributed by atoms with van der Waals surface area (Å²) in [5.74, 6) is -3.35. The van der Waals surface area contributed by atoms with Gasteiger partial charge in [-0.05, 0) is 53.4 Å². The Morgan fingerprint density at radius 3 is 2.20 bits per heavy atom. The van der Waals surface area contributed by atoms with Crippen molar-refractivity contribution in [3.8, 4) is 5.75 Å². The van der Waals surface area contributed by atoms with Crippen LogP contribution < -0.4 is 9.64 Å². The number of rotatable bonds is 9. The molecule has 1 N–H and O–H groups in total. The number of Topliss-reactive ketones (excluding diaryl/α,β-unsaturated/α-hetero) is 1. The van der Waals surface area contributed by atoms with Gasteiger partial charge in [0.1, 0.15) is 9.96 Å². The quantitative estimate of drug-likeness (QED) is 0.116. The second-order valence-electron chi connectivity index (χ2n) is 10.3. The summed E-state index contributed by atoms with van der Waals surface area (Å²) >= 11 is 0.571. The second-order valence-corrected chi connectivity index (χ2v) is 13.5. The highest BCUT2D eigenvalue weighted by Gasteiger charge is 2.46. The lowest BCUT2D eigenvalue weighted by atomic mass is 9.91. The number of aliphatic hydroxyl groups is 1. The lowest BCUT2D eigenvalue weighted by molar-refractivity contribution is -0.384. The monoisotopic (exact) mass is 673 g/mol. The van der Waals surface area contributed by atoms with Gasteiger partial charge in [-0.2, -0.15) is 0 Å². The van der Waals surface area contributed by atoms with Gasteiger partial charge in [0, 0.05) is 17.7 Å². The molecule has 1 amide bonds. The van der Waals surface area contributed by atoms with Gasteiger partial charge in [0.25, 0.3) is 11.6 Å². The van der Waals surface area contributed by atoms with Crippen molar-refractivity contribution >= 4 is 43.7 Å². The van der Waals surface area contributed by atoms with Gasteiger partial charge >= 0.3 is 6.36 Å². The predicted octanol–water partition coefficient (Wildman–Crippen LogP) is 6.69. The zero-order valence-corrected chi connectivity index (χ0v) is 25.4. The molecule has 0 saturated heterocycles. The Morgan fingerprint density at radius 2 is 1.65 bits per heavy atom. The van der Waals surface area contributed by atoms with Crippen LogP contribution in [0.25, 0.3) is 0 Å². The number of thiazole rings is 1. The molecule has 0 fully saturated rings. The standard InChI is InChI=1S/C30H22F3N3O8S2/c1-16(2)17-3-5-18(6-4-17)25-24(26(37)19-7-11-21(12-8-19)44-30(31,32)33)27(38)28(39)35(25)29-34-15-23(45-29)46(42,43)22-13-9-20(10-14-22)36(40)41/h3-16,25,38H,1-2H3. The number of hydrogen-bond donors (Lipinski definition) is 1. The number of nitro benzene ring substituents is 1. The van der Waals surface area contributed by atoms with Gasteiger partial charge in [-0.15, -0.1) is 13.2 Å². The van der Waals surface area contributed by atoms with E-state index in [1.165, 1.54) is 0 Å². The van der Waals surface area contributed by atoms with Gasteiger partial charge in [-0.1, -0.05) is 49.4 Å².